The van der Waals surface area contributed by atoms with Gasteiger partial charge in [0, 0.05) is 37.3 Å². The largest absolute Gasteiger partial charge is 0.484 e. The van der Waals surface area contributed by atoms with Crippen molar-refractivity contribution in [3.63, 3.8) is 0 Å². The first kappa shape index (κ1) is 31.7. The normalized spacial score (nSPS) is 15.7. The molecule has 1 unspecified atom stereocenters. The van der Waals surface area contributed by atoms with Crippen LogP contribution in [0.15, 0.2) is 71.6 Å². The van der Waals surface area contributed by atoms with E-state index >= 15 is 0 Å². The maximum atomic E-state index is 13.6. The first-order chi connectivity index (χ1) is 20.3. The highest BCUT2D eigenvalue weighted by atomic mass is 32.2. The number of anilines is 1. The number of hydrogen-bond acceptors (Lipinski definition) is 6. The average molecular weight is 626 g/mol. The zero-order valence-electron chi connectivity index (χ0n) is 22.5. The van der Waals surface area contributed by atoms with Crippen LogP contribution in [0.5, 0.6) is 5.75 Å². The first-order valence-electron chi connectivity index (χ1n) is 12.8. The molecule has 0 aliphatic carbocycles. The number of piperazine rings is 1. The van der Waals surface area contributed by atoms with Crippen molar-refractivity contribution < 1.29 is 45.5 Å². The number of alkyl halides is 6. The fraction of sp³-hybridized carbons (Fsp3) is 0.276. The molecule has 4 rings (SSSR count). The van der Waals surface area contributed by atoms with Gasteiger partial charge < -0.3 is 24.6 Å². The van der Waals surface area contributed by atoms with E-state index in [9.17, 15) is 40.7 Å². The number of hydrogen-bond donors (Lipinski definition) is 1. The summed E-state index contributed by atoms with van der Waals surface area (Å²) >= 11 is -0.278. The summed E-state index contributed by atoms with van der Waals surface area (Å²) in [5, 5.41) is 2.88. The fourth-order valence-electron chi connectivity index (χ4n) is 4.53. The van der Waals surface area contributed by atoms with Crippen molar-refractivity contribution in [3.05, 3.63) is 77.9 Å². The first-order valence-corrected chi connectivity index (χ1v) is 13.6. The molecule has 7 nitrogen and oxygen atoms in total. The summed E-state index contributed by atoms with van der Waals surface area (Å²) in [5.74, 6) is -0.855. The van der Waals surface area contributed by atoms with E-state index in [4.69, 9.17) is 4.74 Å². The summed E-state index contributed by atoms with van der Waals surface area (Å²) in [6, 6.07) is 13.3. The van der Waals surface area contributed by atoms with E-state index in [1.54, 1.807) is 19.2 Å². The molecule has 1 fully saturated rings. The van der Waals surface area contributed by atoms with Crippen LogP contribution in [0.4, 0.5) is 32.0 Å². The van der Waals surface area contributed by atoms with Gasteiger partial charge in [-0.1, -0.05) is 18.2 Å². The van der Waals surface area contributed by atoms with Gasteiger partial charge in [0.05, 0.1) is 11.1 Å². The minimum atomic E-state index is -4.54. The average Bonchev–Trinajstić information content (AvgIpc) is 2.98. The smallest absolute Gasteiger partial charge is 0.446 e. The van der Waals surface area contributed by atoms with E-state index in [0.717, 1.165) is 12.1 Å². The highest BCUT2D eigenvalue weighted by Gasteiger charge is 2.34. The van der Waals surface area contributed by atoms with Crippen molar-refractivity contribution in [2.45, 2.75) is 22.6 Å². The van der Waals surface area contributed by atoms with Gasteiger partial charge in [0.15, 0.2) is 6.61 Å². The molecule has 2 amide bonds. The molecule has 0 aromatic heterocycles. The fourth-order valence-corrected chi connectivity index (χ4v) is 5.07. The standard InChI is InChI=1S/C29H25F6N3O4S/c1-36-25-10-5-19(18-3-2-4-20(13-18)28(30,31)32)14-24(25)27(41)38-12-11-37(15-21(38)16-39)26(40)17-42-22-6-8-23(9-7-22)43-29(33,34)35/h2-10,13-14,16,21,36H,11-12,15,17H2,1H3. The summed E-state index contributed by atoms with van der Waals surface area (Å²) in [6.07, 6.45) is -4.01. The van der Waals surface area contributed by atoms with Crippen LogP contribution in [-0.4, -0.2) is 72.7 Å². The van der Waals surface area contributed by atoms with Crippen LogP contribution in [0, 0.1) is 0 Å². The maximum absolute atomic E-state index is 13.6. The second-order valence-electron chi connectivity index (χ2n) is 9.44. The van der Waals surface area contributed by atoms with E-state index in [1.807, 2.05) is 0 Å². The van der Waals surface area contributed by atoms with Gasteiger partial charge in [0.25, 0.3) is 11.8 Å². The van der Waals surface area contributed by atoms with Crippen LogP contribution in [0.25, 0.3) is 11.1 Å². The lowest BCUT2D eigenvalue weighted by Gasteiger charge is -2.39. The quantitative estimate of drug-likeness (QED) is 0.189. The molecule has 0 radical (unpaired) electrons. The molecule has 1 atom stereocenters. The van der Waals surface area contributed by atoms with Crippen molar-refractivity contribution in [2.24, 2.45) is 0 Å². The molecule has 1 N–H and O–H groups in total. The van der Waals surface area contributed by atoms with Gasteiger partial charge in [0.2, 0.25) is 0 Å². The molecule has 0 saturated carbocycles. The van der Waals surface area contributed by atoms with E-state index in [1.165, 1.54) is 52.3 Å². The van der Waals surface area contributed by atoms with Gasteiger partial charge >= 0.3 is 11.7 Å². The Morgan fingerprint density at radius 2 is 1.67 bits per heavy atom. The van der Waals surface area contributed by atoms with Crippen molar-refractivity contribution in [2.75, 3.05) is 38.6 Å². The van der Waals surface area contributed by atoms with E-state index in [-0.39, 0.29) is 53.2 Å². The molecule has 43 heavy (non-hydrogen) atoms. The van der Waals surface area contributed by atoms with Gasteiger partial charge in [-0.05, 0) is 71.4 Å². The molecule has 1 saturated heterocycles. The van der Waals surface area contributed by atoms with Crippen LogP contribution >= 0.6 is 11.8 Å². The second-order valence-corrected chi connectivity index (χ2v) is 10.6. The van der Waals surface area contributed by atoms with E-state index in [0.29, 0.717) is 17.5 Å². The van der Waals surface area contributed by atoms with Crippen LogP contribution < -0.4 is 10.1 Å². The third-order valence-corrected chi connectivity index (χ3v) is 7.39. The van der Waals surface area contributed by atoms with Crippen molar-refractivity contribution in [1.82, 2.24) is 9.80 Å². The molecule has 0 spiro atoms. The summed E-state index contributed by atoms with van der Waals surface area (Å²) in [6.45, 7) is -0.495. The lowest BCUT2D eigenvalue weighted by atomic mass is 9.98. The summed E-state index contributed by atoms with van der Waals surface area (Å²) in [5.41, 5.74) is -4.11. The zero-order chi connectivity index (χ0) is 31.4. The molecule has 1 aliphatic rings. The number of benzene rings is 3. The third kappa shape index (κ3) is 8.00. The molecule has 228 valence electrons. The number of carbonyl (C=O) groups is 3. The Labute approximate surface area is 246 Å². The van der Waals surface area contributed by atoms with Gasteiger partial charge in [-0.2, -0.15) is 26.3 Å². The highest BCUT2D eigenvalue weighted by molar-refractivity contribution is 8.00. The number of rotatable bonds is 8. The van der Waals surface area contributed by atoms with Crippen LogP contribution in [0.2, 0.25) is 0 Å². The monoisotopic (exact) mass is 625 g/mol. The SMILES string of the molecule is CNc1ccc(-c2cccc(C(F)(F)F)c2)cc1C(=O)N1CCN(C(=O)COc2ccc(SC(F)(F)F)cc2)CC1C=O. The molecule has 1 aliphatic heterocycles. The zero-order valence-corrected chi connectivity index (χ0v) is 23.4. The number of thioether (sulfide) groups is 1. The number of carbonyl (C=O) groups excluding carboxylic acids is 3. The Morgan fingerprint density at radius 3 is 2.30 bits per heavy atom. The number of ether oxygens (including phenoxy) is 1. The predicted octanol–water partition coefficient (Wildman–Crippen LogP) is 5.96. The Hall–Kier alpha value is -4.20. The van der Waals surface area contributed by atoms with Gasteiger partial charge in [-0.3, -0.25) is 9.59 Å². The van der Waals surface area contributed by atoms with Gasteiger partial charge in [0.1, 0.15) is 18.1 Å². The van der Waals surface area contributed by atoms with Gasteiger partial charge in [-0.25, -0.2) is 0 Å². The van der Waals surface area contributed by atoms with Crippen molar-refractivity contribution >= 4 is 35.5 Å². The highest BCUT2D eigenvalue weighted by Crippen LogP contribution is 2.37. The summed E-state index contributed by atoms with van der Waals surface area (Å²) < 4.78 is 82.7. The Kier molecular flexibility index (Phi) is 9.58. The minimum absolute atomic E-state index is 0.00567. The Morgan fingerprint density at radius 1 is 0.977 bits per heavy atom. The van der Waals surface area contributed by atoms with Crippen LogP contribution in [0.1, 0.15) is 15.9 Å². The molecular formula is C29H25F6N3O4S. The second kappa shape index (κ2) is 13.0. The van der Waals surface area contributed by atoms with Crippen molar-refractivity contribution in [3.8, 4) is 16.9 Å². The summed E-state index contributed by atoms with van der Waals surface area (Å²) in [4.78, 5) is 41.0. The predicted molar refractivity (Wildman–Crippen MR) is 148 cm³/mol. The Bertz CT molecular complexity index is 1480. The van der Waals surface area contributed by atoms with Gasteiger partial charge in [-0.15, -0.1) is 0 Å². The molecule has 0 bridgehead atoms. The van der Waals surface area contributed by atoms with E-state index in [2.05, 4.69) is 5.32 Å². The van der Waals surface area contributed by atoms with Crippen LogP contribution in [-0.2, 0) is 15.8 Å². The molecule has 3 aromatic rings. The van der Waals surface area contributed by atoms with Crippen LogP contribution in [0.3, 0.4) is 0 Å². The lowest BCUT2D eigenvalue weighted by molar-refractivity contribution is -0.138. The third-order valence-electron chi connectivity index (χ3n) is 6.65. The Balaban J connectivity index is 1.44. The number of nitrogens with one attached hydrogen (secondary N) is 1. The van der Waals surface area contributed by atoms with Crippen molar-refractivity contribution in [1.29, 1.82) is 0 Å². The number of amides is 2. The lowest BCUT2D eigenvalue weighted by Crippen LogP contribution is -2.57. The molecule has 14 heteroatoms. The number of nitrogens with zero attached hydrogens (tertiary/aromatic N) is 2. The maximum Gasteiger partial charge on any atom is 0.446 e. The number of aldehydes is 1. The molecular weight excluding hydrogens is 600 g/mol. The number of halogens is 6. The minimum Gasteiger partial charge on any atom is -0.484 e. The van der Waals surface area contributed by atoms with E-state index < -0.39 is 41.7 Å². The molecule has 1 heterocycles. The molecule has 3 aromatic carbocycles. The summed E-state index contributed by atoms with van der Waals surface area (Å²) in [7, 11) is 1.58. The topological polar surface area (TPSA) is 79.0 Å².